The van der Waals surface area contributed by atoms with Crippen molar-refractivity contribution in [2.75, 3.05) is 20.2 Å². The summed E-state index contributed by atoms with van der Waals surface area (Å²) in [5.74, 6) is 1.77. The van der Waals surface area contributed by atoms with Crippen molar-refractivity contribution in [2.45, 2.75) is 33.2 Å². The van der Waals surface area contributed by atoms with Crippen molar-refractivity contribution in [3.63, 3.8) is 0 Å². The average molecular weight is 233 g/mol. The van der Waals surface area contributed by atoms with Crippen LogP contribution in [0.2, 0.25) is 0 Å². The first-order chi connectivity index (χ1) is 8.19. The molecule has 2 heteroatoms. The van der Waals surface area contributed by atoms with Crippen LogP contribution < -0.4 is 4.74 Å². The summed E-state index contributed by atoms with van der Waals surface area (Å²) >= 11 is 0. The van der Waals surface area contributed by atoms with E-state index < -0.39 is 0 Å². The number of methoxy groups -OCH3 is 1. The van der Waals surface area contributed by atoms with Gasteiger partial charge in [-0.15, -0.1) is 0 Å². The van der Waals surface area contributed by atoms with E-state index in [-0.39, 0.29) is 0 Å². The standard InChI is InChI=1S/C15H23NO/c1-12(2)6-8-16-9-7-13-4-5-15(17-3)10-14(13)11-16/h4-5,10,12H,6-9,11H2,1-3H3. The van der Waals surface area contributed by atoms with E-state index in [0.29, 0.717) is 0 Å². The molecule has 0 bridgehead atoms. The van der Waals surface area contributed by atoms with Crippen LogP contribution in [0.3, 0.4) is 0 Å². The van der Waals surface area contributed by atoms with Gasteiger partial charge in [-0.1, -0.05) is 19.9 Å². The lowest BCUT2D eigenvalue weighted by Crippen LogP contribution is -2.31. The maximum absolute atomic E-state index is 5.30. The fourth-order valence-corrected chi connectivity index (χ4v) is 2.35. The van der Waals surface area contributed by atoms with Crippen LogP contribution in [0.25, 0.3) is 0 Å². The van der Waals surface area contributed by atoms with E-state index in [1.165, 1.54) is 37.1 Å². The fourth-order valence-electron chi connectivity index (χ4n) is 2.35. The molecule has 1 aliphatic heterocycles. The van der Waals surface area contributed by atoms with Crippen molar-refractivity contribution >= 4 is 0 Å². The third kappa shape index (κ3) is 3.22. The second kappa shape index (κ2) is 5.54. The van der Waals surface area contributed by atoms with E-state index in [0.717, 1.165) is 18.2 Å². The molecule has 94 valence electrons. The maximum Gasteiger partial charge on any atom is 0.119 e. The van der Waals surface area contributed by atoms with Crippen LogP contribution in [0.5, 0.6) is 5.75 Å². The molecule has 1 aromatic rings. The third-order valence-corrected chi connectivity index (χ3v) is 3.53. The number of rotatable bonds is 4. The van der Waals surface area contributed by atoms with Gasteiger partial charge >= 0.3 is 0 Å². The highest BCUT2D eigenvalue weighted by molar-refractivity contribution is 5.37. The fraction of sp³-hybridized carbons (Fsp3) is 0.600. The van der Waals surface area contributed by atoms with Gasteiger partial charge in [0.2, 0.25) is 0 Å². The van der Waals surface area contributed by atoms with Crippen LogP contribution in [0.4, 0.5) is 0 Å². The summed E-state index contributed by atoms with van der Waals surface area (Å²) in [6, 6.07) is 6.48. The minimum Gasteiger partial charge on any atom is -0.497 e. The van der Waals surface area contributed by atoms with Crippen LogP contribution in [-0.4, -0.2) is 25.1 Å². The van der Waals surface area contributed by atoms with Crippen molar-refractivity contribution in [1.29, 1.82) is 0 Å². The second-order valence-corrected chi connectivity index (χ2v) is 5.34. The lowest BCUT2D eigenvalue weighted by atomic mass is 9.99. The second-order valence-electron chi connectivity index (χ2n) is 5.34. The smallest absolute Gasteiger partial charge is 0.119 e. The van der Waals surface area contributed by atoms with Gasteiger partial charge in [-0.2, -0.15) is 0 Å². The Morgan fingerprint density at radius 3 is 2.82 bits per heavy atom. The molecule has 17 heavy (non-hydrogen) atoms. The Labute approximate surface area is 105 Å². The number of benzene rings is 1. The molecule has 2 nitrogen and oxygen atoms in total. The zero-order valence-corrected chi connectivity index (χ0v) is 11.2. The first-order valence-corrected chi connectivity index (χ1v) is 6.57. The van der Waals surface area contributed by atoms with Crippen LogP contribution in [0.15, 0.2) is 18.2 Å². The Kier molecular flexibility index (Phi) is 4.06. The van der Waals surface area contributed by atoms with Gasteiger partial charge in [-0.05, 0) is 48.6 Å². The summed E-state index contributed by atoms with van der Waals surface area (Å²) in [6.07, 6.45) is 2.47. The predicted molar refractivity (Wildman–Crippen MR) is 71.4 cm³/mol. The van der Waals surface area contributed by atoms with Crippen LogP contribution >= 0.6 is 0 Å². The third-order valence-electron chi connectivity index (χ3n) is 3.53. The highest BCUT2D eigenvalue weighted by Gasteiger charge is 2.16. The summed E-state index contributed by atoms with van der Waals surface area (Å²) in [4.78, 5) is 2.56. The van der Waals surface area contributed by atoms with Crippen LogP contribution in [0.1, 0.15) is 31.4 Å². The topological polar surface area (TPSA) is 12.5 Å². The number of nitrogens with zero attached hydrogens (tertiary/aromatic N) is 1. The molecule has 0 radical (unpaired) electrons. The molecular weight excluding hydrogens is 210 g/mol. The highest BCUT2D eigenvalue weighted by atomic mass is 16.5. The monoisotopic (exact) mass is 233 g/mol. The van der Waals surface area contributed by atoms with Gasteiger partial charge in [0.25, 0.3) is 0 Å². The first-order valence-electron chi connectivity index (χ1n) is 6.57. The molecule has 0 amide bonds. The lowest BCUT2D eigenvalue weighted by Gasteiger charge is -2.29. The SMILES string of the molecule is COc1ccc2c(c1)CN(CCC(C)C)CC2. The van der Waals surface area contributed by atoms with E-state index in [1.54, 1.807) is 7.11 Å². The van der Waals surface area contributed by atoms with E-state index in [1.807, 2.05) is 0 Å². The Hall–Kier alpha value is -1.02. The molecule has 0 aromatic heterocycles. The van der Waals surface area contributed by atoms with E-state index >= 15 is 0 Å². The Morgan fingerprint density at radius 2 is 2.12 bits per heavy atom. The molecule has 0 saturated heterocycles. The van der Waals surface area contributed by atoms with E-state index in [4.69, 9.17) is 4.74 Å². The molecule has 0 spiro atoms. The van der Waals surface area contributed by atoms with Crippen LogP contribution in [-0.2, 0) is 13.0 Å². The van der Waals surface area contributed by atoms with Gasteiger partial charge in [0.1, 0.15) is 5.75 Å². The van der Waals surface area contributed by atoms with Gasteiger partial charge < -0.3 is 4.74 Å². The zero-order chi connectivity index (χ0) is 12.3. The van der Waals surface area contributed by atoms with Crippen molar-refractivity contribution in [3.8, 4) is 5.75 Å². The molecule has 0 fully saturated rings. The Balaban J connectivity index is 2.01. The predicted octanol–water partition coefficient (Wildman–Crippen LogP) is 3.10. The number of hydrogen-bond acceptors (Lipinski definition) is 2. The molecule has 1 aromatic carbocycles. The quantitative estimate of drug-likeness (QED) is 0.792. The summed E-state index contributed by atoms with van der Waals surface area (Å²) in [6.45, 7) is 8.08. The summed E-state index contributed by atoms with van der Waals surface area (Å²) in [7, 11) is 1.74. The molecule has 0 aliphatic carbocycles. The van der Waals surface area contributed by atoms with E-state index in [2.05, 4.69) is 36.9 Å². The average Bonchev–Trinajstić information content (AvgIpc) is 2.35. The Morgan fingerprint density at radius 1 is 1.29 bits per heavy atom. The minimum atomic E-state index is 0.793. The van der Waals surface area contributed by atoms with E-state index in [9.17, 15) is 0 Å². The van der Waals surface area contributed by atoms with Gasteiger partial charge in [0.05, 0.1) is 7.11 Å². The largest absolute Gasteiger partial charge is 0.497 e. The highest BCUT2D eigenvalue weighted by Crippen LogP contribution is 2.24. The zero-order valence-electron chi connectivity index (χ0n) is 11.2. The van der Waals surface area contributed by atoms with Crippen molar-refractivity contribution in [1.82, 2.24) is 4.90 Å². The normalized spacial score (nSPS) is 16.0. The van der Waals surface area contributed by atoms with Gasteiger partial charge in [0, 0.05) is 13.1 Å². The van der Waals surface area contributed by atoms with Gasteiger partial charge in [-0.25, -0.2) is 0 Å². The molecule has 1 heterocycles. The van der Waals surface area contributed by atoms with Crippen molar-refractivity contribution in [3.05, 3.63) is 29.3 Å². The molecular formula is C15H23NO. The summed E-state index contributed by atoms with van der Waals surface area (Å²) < 4.78 is 5.30. The Bertz CT molecular complexity index is 373. The number of ether oxygens (including phenoxy) is 1. The van der Waals surface area contributed by atoms with Gasteiger partial charge in [0.15, 0.2) is 0 Å². The molecule has 0 N–H and O–H groups in total. The minimum absolute atomic E-state index is 0.793. The number of fused-ring (bicyclic) bond motifs is 1. The van der Waals surface area contributed by atoms with Crippen molar-refractivity contribution in [2.24, 2.45) is 5.92 Å². The lowest BCUT2D eigenvalue weighted by molar-refractivity contribution is 0.239. The maximum atomic E-state index is 5.30. The molecule has 0 unspecified atom stereocenters. The summed E-state index contributed by atoms with van der Waals surface area (Å²) in [5, 5.41) is 0. The van der Waals surface area contributed by atoms with Gasteiger partial charge in [-0.3, -0.25) is 4.90 Å². The van der Waals surface area contributed by atoms with Crippen molar-refractivity contribution < 1.29 is 4.74 Å². The molecule has 2 rings (SSSR count). The molecule has 0 saturated carbocycles. The molecule has 1 aliphatic rings. The molecule has 0 atom stereocenters. The number of hydrogen-bond donors (Lipinski definition) is 0. The first kappa shape index (κ1) is 12.4. The van der Waals surface area contributed by atoms with Crippen LogP contribution in [0, 0.1) is 5.92 Å². The summed E-state index contributed by atoms with van der Waals surface area (Å²) in [5.41, 5.74) is 2.94.